The molecule has 0 saturated carbocycles. The number of nitrogens with zero attached hydrogens (tertiary/aromatic N) is 5. The molecule has 4 aromatic rings. The molecule has 0 amide bonds. The number of aromatic nitrogens is 5. The first-order valence-corrected chi connectivity index (χ1v) is 12.3. The number of hydrogen-bond acceptors (Lipinski definition) is 9. The maximum atomic E-state index is 12.5. The van der Waals surface area contributed by atoms with Gasteiger partial charge in [-0.3, -0.25) is 4.79 Å². The third-order valence-electron chi connectivity index (χ3n) is 4.71. The van der Waals surface area contributed by atoms with Crippen LogP contribution in [-0.4, -0.2) is 43.4 Å². The van der Waals surface area contributed by atoms with E-state index in [0.717, 1.165) is 10.9 Å². The summed E-state index contributed by atoms with van der Waals surface area (Å²) in [5.41, 5.74) is 0.442. The van der Waals surface area contributed by atoms with Gasteiger partial charge in [0.25, 0.3) is 0 Å². The first-order chi connectivity index (χ1) is 15.5. The summed E-state index contributed by atoms with van der Waals surface area (Å²) in [5.74, 6) is -0.525. The molecule has 0 N–H and O–H groups in total. The lowest BCUT2D eigenvalue weighted by molar-refractivity contribution is -0.151. The molecule has 0 atom stereocenters. The summed E-state index contributed by atoms with van der Waals surface area (Å²) in [6.07, 6.45) is 6.97. The van der Waals surface area contributed by atoms with E-state index in [9.17, 15) is 4.79 Å². The predicted molar refractivity (Wildman–Crippen MR) is 126 cm³/mol. The Kier molecular flexibility index (Phi) is 6.59. The van der Waals surface area contributed by atoms with E-state index in [1.165, 1.54) is 30.4 Å². The van der Waals surface area contributed by atoms with Gasteiger partial charge in [0.1, 0.15) is 5.15 Å². The molecule has 0 spiro atoms. The Bertz CT molecular complexity index is 1260. The molecule has 7 nitrogen and oxygen atoms in total. The molecule has 1 aromatic carbocycles. The fraction of sp³-hybridized carbons (Fsp3) is 0.182. The van der Waals surface area contributed by atoms with Crippen molar-refractivity contribution in [1.29, 1.82) is 0 Å². The van der Waals surface area contributed by atoms with Crippen LogP contribution in [0.25, 0.3) is 10.9 Å². The van der Waals surface area contributed by atoms with E-state index in [1.54, 1.807) is 24.5 Å². The topological polar surface area (TPSA) is 90.8 Å². The van der Waals surface area contributed by atoms with Gasteiger partial charge in [-0.15, -0.1) is 0 Å². The summed E-state index contributed by atoms with van der Waals surface area (Å²) < 4.78 is 6.06. The van der Waals surface area contributed by atoms with Crippen LogP contribution in [0.2, 0.25) is 5.15 Å². The number of hydrogen-bond donors (Lipinski definition) is 0. The zero-order chi connectivity index (χ0) is 22.7. The largest absolute Gasteiger partial charge is 0.441 e. The van der Waals surface area contributed by atoms with E-state index in [4.69, 9.17) is 16.3 Å². The Hall–Kier alpha value is -2.75. The Morgan fingerprint density at radius 2 is 1.53 bits per heavy atom. The molecular formula is C22H18ClN5O2S2. The molecule has 0 saturated heterocycles. The Morgan fingerprint density at radius 1 is 0.938 bits per heavy atom. The number of esters is 1. The number of rotatable bonds is 6. The van der Waals surface area contributed by atoms with E-state index in [-0.39, 0.29) is 5.15 Å². The fourth-order valence-electron chi connectivity index (χ4n) is 3.39. The van der Waals surface area contributed by atoms with E-state index >= 15 is 0 Å². The van der Waals surface area contributed by atoms with Crippen LogP contribution in [0.3, 0.4) is 0 Å². The van der Waals surface area contributed by atoms with Gasteiger partial charge in [-0.2, -0.15) is 0 Å². The second-order valence-corrected chi connectivity index (χ2v) is 8.56. The lowest BCUT2D eigenvalue weighted by Gasteiger charge is -2.33. The molecule has 0 radical (unpaired) electrons. The average molecular weight is 484 g/mol. The average Bonchev–Trinajstić information content (AvgIpc) is 2.82. The number of carbonyl (C=O) groups is 1. The van der Waals surface area contributed by atoms with Gasteiger partial charge in [0.15, 0.2) is 10.3 Å². The van der Waals surface area contributed by atoms with Crippen LogP contribution in [0.15, 0.2) is 65.2 Å². The number of halogens is 1. The molecule has 0 fully saturated rings. The fourth-order valence-corrected chi connectivity index (χ4v) is 4.38. The summed E-state index contributed by atoms with van der Waals surface area (Å²) in [5, 5.41) is 2.05. The normalized spacial score (nSPS) is 11.5. The molecule has 32 heavy (non-hydrogen) atoms. The predicted octanol–water partition coefficient (Wildman–Crippen LogP) is 4.77. The number of ether oxygens (including phenoxy) is 1. The van der Waals surface area contributed by atoms with Crippen molar-refractivity contribution in [2.24, 2.45) is 0 Å². The van der Waals surface area contributed by atoms with Crippen molar-refractivity contribution >= 4 is 52.0 Å². The first-order valence-electron chi connectivity index (χ1n) is 9.48. The lowest BCUT2D eigenvalue weighted by Crippen LogP contribution is -2.37. The smallest absolute Gasteiger partial charge is 0.304 e. The van der Waals surface area contributed by atoms with Gasteiger partial charge in [-0.1, -0.05) is 53.3 Å². The number of benzene rings is 1. The number of pyridine rings is 1. The Balaban J connectivity index is 2.13. The van der Waals surface area contributed by atoms with Gasteiger partial charge in [-0.05, 0) is 36.8 Å². The second-order valence-electron chi connectivity index (χ2n) is 6.65. The van der Waals surface area contributed by atoms with E-state index in [2.05, 4.69) is 24.9 Å². The van der Waals surface area contributed by atoms with Crippen molar-refractivity contribution in [2.45, 2.75) is 22.8 Å². The van der Waals surface area contributed by atoms with Crippen molar-refractivity contribution in [1.82, 2.24) is 24.9 Å². The Morgan fingerprint density at radius 3 is 2.09 bits per heavy atom. The van der Waals surface area contributed by atoms with E-state index < -0.39 is 11.6 Å². The van der Waals surface area contributed by atoms with Gasteiger partial charge in [-0.25, -0.2) is 24.9 Å². The molecule has 0 bridgehead atoms. The van der Waals surface area contributed by atoms with Gasteiger partial charge in [0, 0.05) is 30.3 Å². The monoisotopic (exact) mass is 483 g/mol. The van der Waals surface area contributed by atoms with Crippen LogP contribution >= 0.6 is 35.1 Å². The molecule has 10 heteroatoms. The highest BCUT2D eigenvalue weighted by Crippen LogP contribution is 2.43. The summed E-state index contributed by atoms with van der Waals surface area (Å²) in [4.78, 5) is 34.9. The van der Waals surface area contributed by atoms with Crippen LogP contribution in [0.5, 0.6) is 0 Å². The molecule has 0 aliphatic heterocycles. The molecule has 3 heterocycles. The maximum Gasteiger partial charge on any atom is 0.304 e. The third-order valence-corrected chi connectivity index (χ3v) is 6.12. The minimum atomic E-state index is -1.55. The van der Waals surface area contributed by atoms with Gasteiger partial charge in [0.2, 0.25) is 5.60 Å². The van der Waals surface area contributed by atoms with Crippen LogP contribution in [0.1, 0.15) is 23.9 Å². The second kappa shape index (κ2) is 9.40. The van der Waals surface area contributed by atoms with Crippen molar-refractivity contribution in [2.75, 3.05) is 12.5 Å². The van der Waals surface area contributed by atoms with Crippen molar-refractivity contribution in [3.8, 4) is 0 Å². The van der Waals surface area contributed by atoms with Crippen LogP contribution in [-0.2, 0) is 15.1 Å². The highest BCUT2D eigenvalue weighted by Gasteiger charge is 2.45. The van der Waals surface area contributed by atoms with Crippen molar-refractivity contribution in [3.63, 3.8) is 0 Å². The SMILES string of the molecule is CSc1nccc(C(OC(C)=O)(c2ccnc(SC)n2)c2cc3ccccc3nc2Cl)n1. The molecule has 3 aromatic heterocycles. The third kappa shape index (κ3) is 4.15. The van der Waals surface area contributed by atoms with Gasteiger partial charge < -0.3 is 4.74 Å². The molecular weight excluding hydrogens is 466 g/mol. The standard InChI is InChI=1S/C22H18ClN5O2S2/c1-13(29)30-22(17-8-10-24-20(27-17)31-2,18-9-11-25-21(28-18)32-3)15-12-14-6-4-5-7-16(14)26-19(15)23/h4-12H,1-3H3. The van der Waals surface area contributed by atoms with Crippen LogP contribution in [0.4, 0.5) is 0 Å². The Labute approximate surface area is 198 Å². The summed E-state index contributed by atoms with van der Waals surface area (Å²) in [6.45, 7) is 1.34. The first kappa shape index (κ1) is 22.4. The quantitative estimate of drug-likeness (QED) is 0.166. The minimum absolute atomic E-state index is 0.179. The van der Waals surface area contributed by atoms with Gasteiger partial charge in [0.05, 0.1) is 16.9 Å². The maximum absolute atomic E-state index is 12.5. The highest BCUT2D eigenvalue weighted by molar-refractivity contribution is 7.98. The van der Waals surface area contributed by atoms with Crippen LogP contribution < -0.4 is 0 Å². The summed E-state index contributed by atoms with van der Waals surface area (Å²) in [7, 11) is 0. The number of para-hydroxylation sites is 1. The van der Waals surface area contributed by atoms with Crippen molar-refractivity contribution < 1.29 is 9.53 Å². The van der Waals surface area contributed by atoms with E-state index in [1.807, 2.05) is 42.8 Å². The van der Waals surface area contributed by atoms with Gasteiger partial charge >= 0.3 is 5.97 Å². The molecule has 0 aliphatic carbocycles. The summed E-state index contributed by atoms with van der Waals surface area (Å²) in [6, 6.07) is 12.8. The zero-order valence-corrected chi connectivity index (χ0v) is 19.8. The molecule has 4 rings (SSSR count). The van der Waals surface area contributed by atoms with Crippen molar-refractivity contribution in [3.05, 3.63) is 77.0 Å². The molecule has 0 unspecified atom stereocenters. The highest BCUT2D eigenvalue weighted by atomic mass is 35.5. The van der Waals surface area contributed by atoms with Crippen LogP contribution in [0, 0.1) is 0 Å². The minimum Gasteiger partial charge on any atom is -0.441 e. The zero-order valence-electron chi connectivity index (χ0n) is 17.4. The molecule has 162 valence electrons. The number of thioether (sulfide) groups is 2. The number of carbonyl (C=O) groups excluding carboxylic acids is 1. The molecule has 0 aliphatic rings. The summed E-state index contributed by atoms with van der Waals surface area (Å²) >= 11 is 9.47. The van der Waals surface area contributed by atoms with E-state index in [0.29, 0.717) is 27.3 Å². The lowest BCUT2D eigenvalue weighted by atomic mass is 9.86. The number of fused-ring (bicyclic) bond motifs is 1.